The Hall–Kier alpha value is 1.36. The average Bonchev–Trinajstić information content (AvgIpc) is 0.722. The van der Waals surface area contributed by atoms with E-state index in [1.54, 1.807) is 0 Å². The largest absolute Gasteiger partial charge is 3.00 e. The smallest absolute Gasteiger partial charge is 0.686 e. The van der Waals surface area contributed by atoms with Gasteiger partial charge in [-0.2, -0.15) is 0 Å². The van der Waals surface area contributed by atoms with Crippen LogP contribution in [0.15, 0.2) is 0 Å². The monoisotopic (exact) mass is 215 g/mol. The van der Waals surface area contributed by atoms with Crippen LogP contribution in [0, 0.1) is 0 Å². The minimum atomic E-state index is -4.22. The maximum absolute atomic E-state index is 9.07. The van der Waals surface area contributed by atoms with Crippen molar-refractivity contribution in [3.8, 4) is 0 Å². The van der Waals surface area contributed by atoms with Crippen molar-refractivity contribution < 1.29 is 34.2 Å². The van der Waals surface area contributed by atoms with Gasteiger partial charge in [-0.25, -0.2) is 0 Å². The zero-order valence-corrected chi connectivity index (χ0v) is 6.27. The molecular weight excluding hydrogens is 213 g/mol. The molecule has 0 spiro atoms. The fourth-order valence-corrected chi connectivity index (χ4v) is 0. The Morgan fingerprint density at radius 1 is 1.17 bits per heavy atom. The molecule has 0 aliphatic carbocycles. The van der Waals surface area contributed by atoms with Gasteiger partial charge in [0.2, 0.25) is 0 Å². The molecule has 0 aromatic carbocycles. The van der Waals surface area contributed by atoms with Gasteiger partial charge in [0.1, 0.15) is 0 Å². The molecule has 0 aromatic rings. The predicted molar refractivity (Wildman–Crippen MR) is 16.6 cm³/mol. The zero-order valence-electron chi connectivity index (χ0n) is 2.58. The summed E-state index contributed by atoms with van der Waals surface area (Å²) in [5, 5.41) is 0. The van der Waals surface area contributed by atoms with Crippen LogP contribution >= 0.6 is 16.6 Å². The summed E-state index contributed by atoms with van der Waals surface area (Å²) < 4.78 is 0. The van der Waals surface area contributed by atoms with Crippen LogP contribution in [-0.4, -0.2) is 0 Å². The van der Waals surface area contributed by atoms with E-state index >= 15 is 0 Å². The molecule has 0 saturated heterocycles. The van der Waals surface area contributed by atoms with Gasteiger partial charge in [-0.3, -0.25) is 0 Å². The standard InChI is InChI=1S/H4O3P2.Rh/c1-5(2,3)4;/h4H2,(H2,1,2,3);/q;+3/p-2. The van der Waals surface area contributed by atoms with Gasteiger partial charge in [0.15, 0.2) is 0 Å². The van der Waals surface area contributed by atoms with Crippen molar-refractivity contribution in [2.75, 3.05) is 0 Å². The second-order valence-corrected chi connectivity index (χ2v) is 3.52. The summed E-state index contributed by atoms with van der Waals surface area (Å²) in [6.07, 6.45) is 0. The first kappa shape index (κ1) is 10.4. The molecule has 0 fully saturated rings. The first-order valence-corrected chi connectivity index (χ1v) is 3.97. The van der Waals surface area contributed by atoms with Crippen molar-refractivity contribution in [3.63, 3.8) is 0 Å². The fourth-order valence-electron chi connectivity index (χ4n) is 0. The molecule has 0 aliphatic heterocycles. The Morgan fingerprint density at radius 2 is 1.17 bits per heavy atom. The van der Waals surface area contributed by atoms with E-state index in [0.717, 1.165) is 8.93 Å². The van der Waals surface area contributed by atoms with Crippen molar-refractivity contribution in [2.45, 2.75) is 0 Å². The summed E-state index contributed by atoms with van der Waals surface area (Å²) in [6.45, 7) is 0. The zero-order chi connectivity index (χ0) is 4.50. The fraction of sp³-hybridized carbons (Fsp3) is 0. The van der Waals surface area contributed by atoms with E-state index in [0.29, 0.717) is 0 Å². The molecule has 0 amide bonds. The molecule has 6 heavy (non-hydrogen) atoms. The number of hydrogen-bond donors (Lipinski definition) is 0. The van der Waals surface area contributed by atoms with E-state index < -0.39 is 7.63 Å². The van der Waals surface area contributed by atoms with Crippen LogP contribution in [0.5, 0.6) is 0 Å². The van der Waals surface area contributed by atoms with Crippen molar-refractivity contribution >= 4 is 16.6 Å². The van der Waals surface area contributed by atoms with Gasteiger partial charge < -0.3 is 14.7 Å². The molecule has 0 N–H and O–H groups in total. The summed E-state index contributed by atoms with van der Waals surface area (Å²) in [5.41, 5.74) is 0. The summed E-state index contributed by atoms with van der Waals surface area (Å²) >= 11 is 0. The van der Waals surface area contributed by atoms with Crippen molar-refractivity contribution in [3.05, 3.63) is 0 Å². The van der Waals surface area contributed by atoms with Gasteiger partial charge >= 0.3 is 19.5 Å². The second kappa shape index (κ2) is 3.38. The summed E-state index contributed by atoms with van der Waals surface area (Å²) in [4.78, 5) is 27.2. The van der Waals surface area contributed by atoms with Crippen LogP contribution in [0.2, 0.25) is 0 Å². The number of rotatable bonds is 0. The Labute approximate surface area is 51.2 Å². The quantitative estimate of drug-likeness (QED) is 0.334. The van der Waals surface area contributed by atoms with Crippen LogP contribution in [-0.2, 0) is 19.5 Å². The third-order valence-electron chi connectivity index (χ3n) is 0. The Kier molecular flexibility index (Phi) is 5.83. The van der Waals surface area contributed by atoms with E-state index in [1.165, 1.54) is 0 Å². The van der Waals surface area contributed by atoms with Crippen LogP contribution in [0.3, 0.4) is 0 Å². The minimum absolute atomic E-state index is 0. The minimum Gasteiger partial charge on any atom is -0.686 e. The Bertz CT molecular complexity index is 24.3. The van der Waals surface area contributed by atoms with Gasteiger partial charge in [-0.15, -0.1) is 7.63 Å². The summed E-state index contributed by atoms with van der Waals surface area (Å²) in [6, 6.07) is 0. The van der Waals surface area contributed by atoms with Crippen molar-refractivity contribution in [2.24, 2.45) is 0 Å². The second-order valence-electron chi connectivity index (χ2n) is 0.540. The molecule has 0 radical (unpaired) electrons. The van der Waals surface area contributed by atoms with Crippen LogP contribution in [0.1, 0.15) is 0 Å². The molecule has 0 saturated carbocycles. The predicted octanol–water partition coefficient (Wildman–Crippen LogP) is -2.38. The molecule has 0 aliphatic rings. The first-order valence-electron chi connectivity index (χ1n) is 0.806. The Balaban J connectivity index is 0. The molecule has 0 aromatic heterocycles. The first-order chi connectivity index (χ1) is 2.00. The van der Waals surface area contributed by atoms with Crippen molar-refractivity contribution in [1.82, 2.24) is 0 Å². The molecule has 3 nitrogen and oxygen atoms in total. The third-order valence-corrected chi connectivity index (χ3v) is 0. The van der Waals surface area contributed by atoms with Gasteiger partial charge in [-0.05, 0) is 0 Å². The molecular formula is H2O3P2Rh+. The number of hydrogen-bond acceptors (Lipinski definition) is 3. The van der Waals surface area contributed by atoms with Gasteiger partial charge in [-0.1, -0.05) is 0 Å². The maximum atomic E-state index is 9.07. The molecule has 0 rings (SSSR count). The summed E-state index contributed by atoms with van der Waals surface area (Å²) in [7, 11) is -3.06. The molecule has 0 heterocycles. The SMILES string of the molecule is [O-][P+]([O-])([O-])P.[Rh+3]. The third kappa shape index (κ3) is 54.9. The Morgan fingerprint density at radius 3 is 1.17 bits per heavy atom. The van der Waals surface area contributed by atoms with E-state index in [2.05, 4.69) is 0 Å². The van der Waals surface area contributed by atoms with Gasteiger partial charge in [0.05, 0.1) is 0 Å². The molecule has 1 unspecified atom stereocenters. The summed E-state index contributed by atoms with van der Waals surface area (Å²) in [5.74, 6) is 0. The topological polar surface area (TPSA) is 69.2 Å². The van der Waals surface area contributed by atoms with Crippen molar-refractivity contribution in [1.29, 1.82) is 0 Å². The van der Waals surface area contributed by atoms with E-state index in [1.807, 2.05) is 0 Å². The van der Waals surface area contributed by atoms with E-state index in [-0.39, 0.29) is 19.5 Å². The van der Waals surface area contributed by atoms with Crippen LogP contribution in [0.4, 0.5) is 0 Å². The molecule has 6 heteroatoms. The maximum Gasteiger partial charge on any atom is 3.00 e. The average molecular weight is 215 g/mol. The molecule has 1 atom stereocenters. The molecule has 38 valence electrons. The van der Waals surface area contributed by atoms with E-state index in [9.17, 15) is 0 Å². The van der Waals surface area contributed by atoms with Crippen LogP contribution in [0.25, 0.3) is 0 Å². The van der Waals surface area contributed by atoms with Gasteiger partial charge in [0, 0.05) is 8.93 Å². The van der Waals surface area contributed by atoms with Gasteiger partial charge in [0.25, 0.3) is 0 Å². The van der Waals surface area contributed by atoms with E-state index in [4.69, 9.17) is 14.7 Å². The van der Waals surface area contributed by atoms with Crippen LogP contribution < -0.4 is 14.7 Å². The normalized spacial score (nSPS) is 10.0. The molecule has 0 bridgehead atoms.